The van der Waals surface area contributed by atoms with Gasteiger partial charge in [0.2, 0.25) is 0 Å². The highest BCUT2D eigenvalue weighted by molar-refractivity contribution is 8.00. The minimum atomic E-state index is -0.252. The Bertz CT molecular complexity index is 307. The van der Waals surface area contributed by atoms with Crippen LogP contribution in [0.4, 0.5) is 0 Å². The fraction of sp³-hybridized carbons (Fsp3) is 0.636. The summed E-state index contributed by atoms with van der Waals surface area (Å²) in [6, 6.07) is 4.18. The fourth-order valence-electron chi connectivity index (χ4n) is 2.00. The molecule has 1 saturated heterocycles. The Morgan fingerprint density at radius 3 is 2.80 bits per heavy atom. The zero-order valence-electron chi connectivity index (χ0n) is 8.90. The Balaban J connectivity index is 2.02. The number of thiophene rings is 1. The maximum absolute atomic E-state index is 10.2. The van der Waals surface area contributed by atoms with Crippen molar-refractivity contribution in [1.29, 1.82) is 0 Å². The Morgan fingerprint density at radius 2 is 2.20 bits per heavy atom. The summed E-state index contributed by atoms with van der Waals surface area (Å²) in [5.74, 6) is 0.444. The van der Waals surface area contributed by atoms with Crippen LogP contribution in [0.1, 0.15) is 23.8 Å². The third-order valence-electron chi connectivity index (χ3n) is 2.93. The van der Waals surface area contributed by atoms with Crippen molar-refractivity contribution in [2.45, 2.75) is 23.2 Å². The van der Waals surface area contributed by atoms with Gasteiger partial charge < -0.3 is 10.4 Å². The average molecular weight is 243 g/mol. The van der Waals surface area contributed by atoms with Gasteiger partial charge in [-0.15, -0.1) is 23.1 Å². The van der Waals surface area contributed by atoms with E-state index in [0.717, 1.165) is 30.8 Å². The van der Waals surface area contributed by atoms with Crippen LogP contribution in [0.3, 0.4) is 0 Å². The molecule has 15 heavy (non-hydrogen) atoms. The van der Waals surface area contributed by atoms with E-state index in [1.54, 1.807) is 23.1 Å². The Labute approximate surface area is 99.1 Å². The molecule has 1 aliphatic rings. The van der Waals surface area contributed by atoms with Crippen LogP contribution in [0.2, 0.25) is 0 Å². The maximum atomic E-state index is 10.2. The summed E-state index contributed by atoms with van der Waals surface area (Å²) in [5, 5.41) is 13.6. The van der Waals surface area contributed by atoms with Crippen LogP contribution in [0, 0.1) is 5.92 Å². The van der Waals surface area contributed by atoms with E-state index in [0.29, 0.717) is 5.92 Å². The Morgan fingerprint density at radius 1 is 1.47 bits per heavy atom. The van der Waals surface area contributed by atoms with Crippen molar-refractivity contribution in [1.82, 2.24) is 5.32 Å². The Kier molecular flexibility index (Phi) is 4.08. The summed E-state index contributed by atoms with van der Waals surface area (Å²) in [6.07, 6.45) is 4.01. The summed E-state index contributed by atoms with van der Waals surface area (Å²) in [4.78, 5) is 1.13. The number of thioether (sulfide) groups is 1. The normalized spacial score (nSPS) is 20.4. The van der Waals surface area contributed by atoms with E-state index < -0.39 is 0 Å². The summed E-state index contributed by atoms with van der Waals surface area (Å²) < 4.78 is 1.29. The molecule has 0 radical (unpaired) electrons. The fourth-order valence-corrected chi connectivity index (χ4v) is 3.64. The lowest BCUT2D eigenvalue weighted by molar-refractivity contribution is 0.0920. The van der Waals surface area contributed by atoms with Crippen LogP contribution in [-0.4, -0.2) is 24.5 Å². The molecule has 0 aliphatic carbocycles. The average Bonchev–Trinajstić information content (AvgIpc) is 2.78. The number of aliphatic hydroxyl groups is 1. The second kappa shape index (κ2) is 5.34. The molecular formula is C11H17NOS2. The molecule has 0 spiro atoms. The van der Waals surface area contributed by atoms with Gasteiger partial charge in [-0.25, -0.2) is 0 Å². The number of rotatable bonds is 3. The van der Waals surface area contributed by atoms with Gasteiger partial charge in [0.25, 0.3) is 0 Å². The molecule has 0 amide bonds. The van der Waals surface area contributed by atoms with Gasteiger partial charge in [-0.05, 0) is 50.2 Å². The number of hydrogen-bond donors (Lipinski definition) is 2. The molecule has 4 heteroatoms. The van der Waals surface area contributed by atoms with Gasteiger partial charge in [0.1, 0.15) is 0 Å². The molecule has 1 atom stereocenters. The molecule has 1 fully saturated rings. The van der Waals surface area contributed by atoms with Gasteiger partial charge >= 0.3 is 0 Å². The van der Waals surface area contributed by atoms with Crippen molar-refractivity contribution in [2.24, 2.45) is 5.92 Å². The van der Waals surface area contributed by atoms with Gasteiger partial charge in [-0.2, -0.15) is 0 Å². The Hall–Kier alpha value is -0.0300. The SMILES string of the molecule is CSc1ccc(C(O)C2CCNCC2)s1. The molecule has 2 heterocycles. The van der Waals surface area contributed by atoms with Crippen molar-refractivity contribution in [3.63, 3.8) is 0 Å². The van der Waals surface area contributed by atoms with Crippen LogP contribution in [-0.2, 0) is 0 Å². The standard InChI is InChI=1S/C11H17NOS2/c1-14-10-3-2-9(15-10)11(13)8-4-6-12-7-5-8/h2-3,8,11-13H,4-7H2,1H3. The molecule has 0 aromatic carbocycles. The highest BCUT2D eigenvalue weighted by Crippen LogP contribution is 2.35. The lowest BCUT2D eigenvalue weighted by atomic mass is 9.91. The highest BCUT2D eigenvalue weighted by Gasteiger charge is 2.23. The van der Waals surface area contributed by atoms with Crippen molar-refractivity contribution in [3.8, 4) is 0 Å². The first-order valence-electron chi connectivity index (χ1n) is 5.34. The quantitative estimate of drug-likeness (QED) is 0.800. The number of aliphatic hydroxyl groups excluding tert-OH is 1. The number of hydrogen-bond acceptors (Lipinski definition) is 4. The largest absolute Gasteiger partial charge is 0.387 e. The zero-order chi connectivity index (χ0) is 10.7. The van der Waals surface area contributed by atoms with Crippen LogP contribution in [0.5, 0.6) is 0 Å². The smallest absolute Gasteiger partial charge is 0.0911 e. The molecule has 1 aliphatic heterocycles. The lowest BCUT2D eigenvalue weighted by Gasteiger charge is -2.26. The van der Waals surface area contributed by atoms with E-state index >= 15 is 0 Å². The first-order chi connectivity index (χ1) is 7.31. The van der Waals surface area contributed by atoms with Gasteiger partial charge in [0.05, 0.1) is 10.3 Å². The third-order valence-corrected chi connectivity index (χ3v) is 5.16. The van der Waals surface area contributed by atoms with Crippen molar-refractivity contribution >= 4 is 23.1 Å². The van der Waals surface area contributed by atoms with Gasteiger partial charge in [-0.3, -0.25) is 0 Å². The molecule has 2 nitrogen and oxygen atoms in total. The second-order valence-corrected chi connectivity index (χ2v) is 6.12. The zero-order valence-corrected chi connectivity index (χ0v) is 10.5. The third kappa shape index (κ3) is 2.75. The van der Waals surface area contributed by atoms with Crippen molar-refractivity contribution < 1.29 is 5.11 Å². The van der Waals surface area contributed by atoms with E-state index in [4.69, 9.17) is 0 Å². The monoisotopic (exact) mass is 243 g/mol. The van der Waals surface area contributed by atoms with Crippen LogP contribution in [0.25, 0.3) is 0 Å². The van der Waals surface area contributed by atoms with Gasteiger partial charge in [0, 0.05) is 4.88 Å². The van der Waals surface area contributed by atoms with Crippen molar-refractivity contribution in [3.05, 3.63) is 17.0 Å². The summed E-state index contributed by atoms with van der Waals surface area (Å²) in [7, 11) is 0. The van der Waals surface area contributed by atoms with E-state index in [2.05, 4.69) is 23.7 Å². The van der Waals surface area contributed by atoms with Crippen LogP contribution < -0.4 is 5.32 Å². The molecule has 2 N–H and O–H groups in total. The molecule has 1 aromatic heterocycles. The van der Waals surface area contributed by atoms with E-state index in [-0.39, 0.29) is 6.10 Å². The summed E-state index contributed by atoms with van der Waals surface area (Å²) in [6.45, 7) is 2.09. The minimum Gasteiger partial charge on any atom is -0.387 e. The lowest BCUT2D eigenvalue weighted by Crippen LogP contribution is -2.30. The topological polar surface area (TPSA) is 32.3 Å². The maximum Gasteiger partial charge on any atom is 0.0911 e. The van der Waals surface area contributed by atoms with Gasteiger partial charge in [-0.1, -0.05) is 0 Å². The molecular weight excluding hydrogens is 226 g/mol. The number of nitrogens with one attached hydrogen (secondary N) is 1. The first-order valence-corrected chi connectivity index (χ1v) is 7.38. The van der Waals surface area contributed by atoms with Crippen LogP contribution in [0.15, 0.2) is 16.3 Å². The molecule has 1 aromatic rings. The van der Waals surface area contributed by atoms with E-state index in [1.807, 2.05) is 0 Å². The second-order valence-electron chi connectivity index (χ2n) is 3.89. The first kappa shape index (κ1) is 11.5. The van der Waals surface area contributed by atoms with Crippen LogP contribution >= 0.6 is 23.1 Å². The predicted octanol–water partition coefficient (Wildman–Crippen LogP) is 2.50. The molecule has 1 unspecified atom stereocenters. The van der Waals surface area contributed by atoms with E-state index in [9.17, 15) is 5.11 Å². The van der Waals surface area contributed by atoms with E-state index in [1.165, 1.54) is 4.21 Å². The van der Waals surface area contributed by atoms with Gasteiger partial charge in [0.15, 0.2) is 0 Å². The molecule has 84 valence electrons. The summed E-state index contributed by atoms with van der Waals surface area (Å²) >= 11 is 3.48. The molecule has 0 bridgehead atoms. The molecule has 2 rings (SSSR count). The molecule has 0 saturated carbocycles. The van der Waals surface area contributed by atoms with Crippen molar-refractivity contribution in [2.75, 3.05) is 19.3 Å². The number of piperidine rings is 1. The summed E-state index contributed by atoms with van der Waals surface area (Å²) in [5.41, 5.74) is 0. The predicted molar refractivity (Wildman–Crippen MR) is 66.7 cm³/mol. The minimum absolute atomic E-state index is 0.252. The highest BCUT2D eigenvalue weighted by atomic mass is 32.2.